The Morgan fingerprint density at radius 2 is 1.76 bits per heavy atom. The quantitative estimate of drug-likeness (QED) is 0.891. The van der Waals surface area contributed by atoms with E-state index in [2.05, 4.69) is 36.0 Å². The number of halogens is 4. The van der Waals surface area contributed by atoms with Crippen molar-refractivity contribution in [3.63, 3.8) is 0 Å². The summed E-state index contributed by atoms with van der Waals surface area (Å²) in [5.74, 6) is 0.737. The molecule has 0 aliphatic heterocycles. The SMILES string of the molecule is CNc1nc(-c2ccc(OC(F)(F)F)cc2)nc(C)c1Br. The Morgan fingerprint density at radius 1 is 1.14 bits per heavy atom. The fraction of sp³-hybridized carbons (Fsp3) is 0.231. The van der Waals surface area contributed by atoms with E-state index in [1.54, 1.807) is 14.0 Å². The lowest BCUT2D eigenvalue weighted by Crippen LogP contribution is -2.16. The Labute approximate surface area is 127 Å². The maximum Gasteiger partial charge on any atom is 0.573 e. The van der Waals surface area contributed by atoms with Gasteiger partial charge in [-0.05, 0) is 47.1 Å². The molecule has 0 aliphatic carbocycles. The van der Waals surface area contributed by atoms with E-state index in [1.807, 2.05) is 0 Å². The summed E-state index contributed by atoms with van der Waals surface area (Å²) in [5.41, 5.74) is 1.32. The number of nitrogens with one attached hydrogen (secondary N) is 1. The molecule has 1 heterocycles. The Kier molecular flexibility index (Phi) is 4.36. The summed E-state index contributed by atoms with van der Waals surface area (Å²) in [7, 11) is 1.72. The first-order chi connectivity index (χ1) is 9.80. The zero-order chi connectivity index (χ0) is 15.6. The Morgan fingerprint density at radius 3 is 2.29 bits per heavy atom. The van der Waals surface area contributed by atoms with E-state index in [0.29, 0.717) is 17.2 Å². The number of aryl methyl sites for hydroxylation is 1. The van der Waals surface area contributed by atoms with Crippen molar-refractivity contribution in [2.45, 2.75) is 13.3 Å². The molecule has 0 unspecified atom stereocenters. The number of alkyl halides is 3. The van der Waals surface area contributed by atoms with Gasteiger partial charge in [0, 0.05) is 12.6 Å². The summed E-state index contributed by atoms with van der Waals surface area (Å²) in [4.78, 5) is 8.59. The lowest BCUT2D eigenvalue weighted by molar-refractivity contribution is -0.274. The molecule has 0 saturated carbocycles. The Hall–Kier alpha value is -1.83. The fourth-order valence-electron chi connectivity index (χ4n) is 1.66. The third-order valence-corrected chi connectivity index (χ3v) is 3.55. The Bertz CT molecular complexity index is 644. The van der Waals surface area contributed by atoms with Crippen molar-refractivity contribution in [2.24, 2.45) is 0 Å². The van der Waals surface area contributed by atoms with Gasteiger partial charge in [-0.25, -0.2) is 9.97 Å². The van der Waals surface area contributed by atoms with Gasteiger partial charge in [-0.1, -0.05) is 0 Å². The highest BCUT2D eigenvalue weighted by atomic mass is 79.9. The second-order valence-electron chi connectivity index (χ2n) is 4.12. The molecule has 0 saturated heterocycles. The minimum atomic E-state index is -4.70. The van der Waals surface area contributed by atoms with Gasteiger partial charge in [0.05, 0.1) is 10.2 Å². The van der Waals surface area contributed by atoms with Crippen LogP contribution in [0, 0.1) is 6.92 Å². The van der Waals surface area contributed by atoms with Crippen LogP contribution in [0.5, 0.6) is 5.75 Å². The van der Waals surface area contributed by atoms with Crippen LogP contribution in [0.4, 0.5) is 19.0 Å². The number of anilines is 1. The zero-order valence-corrected chi connectivity index (χ0v) is 12.7. The molecule has 1 aromatic carbocycles. The van der Waals surface area contributed by atoms with Crippen LogP contribution >= 0.6 is 15.9 Å². The minimum absolute atomic E-state index is 0.283. The van der Waals surface area contributed by atoms with E-state index >= 15 is 0 Å². The highest BCUT2D eigenvalue weighted by Crippen LogP contribution is 2.28. The lowest BCUT2D eigenvalue weighted by atomic mass is 10.2. The number of nitrogens with zero attached hydrogens (tertiary/aromatic N) is 2. The summed E-state index contributed by atoms with van der Waals surface area (Å²) in [5, 5.41) is 2.92. The Balaban J connectivity index is 2.33. The monoisotopic (exact) mass is 361 g/mol. The molecule has 0 bridgehead atoms. The van der Waals surface area contributed by atoms with Crippen LogP contribution in [0.15, 0.2) is 28.7 Å². The number of aromatic nitrogens is 2. The van der Waals surface area contributed by atoms with Crippen LogP contribution in [-0.2, 0) is 0 Å². The largest absolute Gasteiger partial charge is 0.573 e. The average Bonchev–Trinajstić information content (AvgIpc) is 2.41. The van der Waals surface area contributed by atoms with Gasteiger partial charge in [0.15, 0.2) is 5.82 Å². The normalized spacial score (nSPS) is 11.3. The molecule has 0 radical (unpaired) electrons. The zero-order valence-electron chi connectivity index (χ0n) is 11.1. The van der Waals surface area contributed by atoms with E-state index in [9.17, 15) is 13.2 Å². The maximum atomic E-state index is 12.1. The summed E-state index contributed by atoms with van der Waals surface area (Å²) in [6.07, 6.45) is -4.70. The highest BCUT2D eigenvalue weighted by Gasteiger charge is 2.31. The molecule has 1 N–H and O–H groups in total. The summed E-state index contributed by atoms with van der Waals surface area (Å²) >= 11 is 3.36. The van der Waals surface area contributed by atoms with E-state index in [0.717, 1.165) is 10.2 Å². The smallest absolute Gasteiger partial charge is 0.406 e. The average molecular weight is 362 g/mol. The van der Waals surface area contributed by atoms with Crippen LogP contribution in [0.2, 0.25) is 0 Å². The second-order valence-corrected chi connectivity index (χ2v) is 4.91. The highest BCUT2D eigenvalue weighted by molar-refractivity contribution is 9.10. The molecule has 112 valence electrons. The van der Waals surface area contributed by atoms with Crippen LogP contribution in [0.25, 0.3) is 11.4 Å². The first-order valence-corrected chi connectivity index (χ1v) is 6.67. The number of rotatable bonds is 3. The number of hydrogen-bond donors (Lipinski definition) is 1. The topological polar surface area (TPSA) is 47.0 Å². The van der Waals surface area contributed by atoms with Crippen LogP contribution in [-0.4, -0.2) is 23.4 Å². The van der Waals surface area contributed by atoms with Crippen LogP contribution in [0.1, 0.15) is 5.69 Å². The third-order valence-electron chi connectivity index (χ3n) is 2.60. The van der Waals surface area contributed by atoms with Crippen LogP contribution in [0.3, 0.4) is 0 Å². The number of benzene rings is 1. The van der Waals surface area contributed by atoms with Crippen molar-refractivity contribution in [1.29, 1.82) is 0 Å². The van der Waals surface area contributed by atoms with Crippen LogP contribution < -0.4 is 10.1 Å². The standard InChI is InChI=1S/C13H11BrF3N3O/c1-7-10(14)12(18-2)20-11(19-7)8-3-5-9(6-4-8)21-13(15,16)17/h3-6H,1-2H3,(H,18,19,20). The van der Waals surface area contributed by atoms with Gasteiger partial charge in [-0.3, -0.25) is 0 Å². The van der Waals surface area contributed by atoms with Gasteiger partial charge in [0.25, 0.3) is 0 Å². The van der Waals surface area contributed by atoms with E-state index < -0.39 is 6.36 Å². The molecule has 1 aromatic heterocycles. The third kappa shape index (κ3) is 3.84. The van der Waals surface area contributed by atoms with Gasteiger partial charge in [-0.15, -0.1) is 13.2 Å². The first kappa shape index (κ1) is 15.6. The molecular formula is C13H11BrF3N3O. The molecule has 21 heavy (non-hydrogen) atoms. The fourth-order valence-corrected chi connectivity index (χ4v) is 2.04. The van der Waals surface area contributed by atoms with E-state index in [4.69, 9.17) is 0 Å². The van der Waals surface area contributed by atoms with Crippen molar-refractivity contribution in [3.05, 3.63) is 34.4 Å². The van der Waals surface area contributed by atoms with Gasteiger partial charge in [-0.2, -0.15) is 0 Å². The number of hydrogen-bond acceptors (Lipinski definition) is 4. The van der Waals surface area contributed by atoms with Crippen molar-refractivity contribution in [3.8, 4) is 17.1 Å². The molecule has 2 rings (SSSR count). The molecule has 0 aliphatic rings. The lowest BCUT2D eigenvalue weighted by Gasteiger charge is -2.10. The minimum Gasteiger partial charge on any atom is -0.406 e. The van der Waals surface area contributed by atoms with Gasteiger partial charge in [0.2, 0.25) is 0 Å². The summed E-state index contributed by atoms with van der Waals surface area (Å²) in [6.45, 7) is 1.80. The molecule has 2 aromatic rings. The van der Waals surface area contributed by atoms with Crippen molar-refractivity contribution in [2.75, 3.05) is 12.4 Å². The molecule has 0 atom stereocenters. The van der Waals surface area contributed by atoms with E-state index in [1.165, 1.54) is 24.3 Å². The van der Waals surface area contributed by atoms with Gasteiger partial charge < -0.3 is 10.1 Å². The van der Waals surface area contributed by atoms with Gasteiger partial charge >= 0.3 is 6.36 Å². The van der Waals surface area contributed by atoms with Gasteiger partial charge in [0.1, 0.15) is 11.6 Å². The summed E-state index contributed by atoms with van der Waals surface area (Å²) < 4.78 is 40.9. The molecule has 0 fully saturated rings. The molecule has 4 nitrogen and oxygen atoms in total. The molecule has 0 spiro atoms. The molecule has 8 heteroatoms. The molecular weight excluding hydrogens is 351 g/mol. The van der Waals surface area contributed by atoms with Crippen molar-refractivity contribution >= 4 is 21.7 Å². The predicted molar refractivity (Wildman–Crippen MR) is 76.1 cm³/mol. The molecule has 0 amide bonds. The van der Waals surface area contributed by atoms with Crippen molar-refractivity contribution in [1.82, 2.24) is 9.97 Å². The second kappa shape index (κ2) is 5.88. The predicted octanol–water partition coefficient (Wildman–Crippen LogP) is 4.15. The summed E-state index contributed by atoms with van der Waals surface area (Å²) in [6, 6.07) is 5.40. The number of ether oxygens (including phenoxy) is 1. The van der Waals surface area contributed by atoms with E-state index in [-0.39, 0.29) is 5.75 Å². The maximum absolute atomic E-state index is 12.1. The van der Waals surface area contributed by atoms with Crippen molar-refractivity contribution < 1.29 is 17.9 Å². The first-order valence-electron chi connectivity index (χ1n) is 5.88.